The Morgan fingerprint density at radius 1 is 1.05 bits per heavy atom. The normalized spacial score (nSPS) is 20.8. The molecule has 0 spiro atoms. The third-order valence-electron chi connectivity index (χ3n) is 4.08. The van der Waals surface area contributed by atoms with Crippen LogP contribution in [0.3, 0.4) is 0 Å². The average molecular weight is 337 g/mol. The summed E-state index contributed by atoms with van der Waals surface area (Å²) in [5, 5.41) is 0. The number of halogens is 1. The summed E-state index contributed by atoms with van der Waals surface area (Å²) < 4.78 is 13.0. The highest BCUT2D eigenvalue weighted by atomic mass is 79.9. The van der Waals surface area contributed by atoms with E-state index < -0.39 is 0 Å². The van der Waals surface area contributed by atoms with Gasteiger partial charge in [-0.05, 0) is 58.2 Å². The van der Waals surface area contributed by atoms with Gasteiger partial charge in [-0.15, -0.1) is 0 Å². The highest BCUT2D eigenvalue weighted by Crippen LogP contribution is 2.36. The first-order chi connectivity index (χ1) is 9.30. The van der Waals surface area contributed by atoms with Gasteiger partial charge in [0.1, 0.15) is 0 Å². The molecule has 1 fully saturated rings. The minimum absolute atomic E-state index is 0.232. The number of aryl methyl sites for hydroxylation is 1. The van der Waals surface area contributed by atoms with E-state index >= 15 is 0 Å². The zero-order chi connectivity index (χ0) is 14.8. The lowest BCUT2D eigenvalue weighted by Gasteiger charge is -2.32. The molecule has 0 aromatic heterocycles. The van der Waals surface area contributed by atoms with E-state index in [1.807, 2.05) is 5.98 Å². The fraction of sp³-hybridized carbons (Fsp3) is 0.500. The summed E-state index contributed by atoms with van der Waals surface area (Å²) in [4.78, 5) is 0. The smallest absolute Gasteiger partial charge is 0.400 e. The Hall–Kier alpha value is -0.575. The molecule has 2 rings (SSSR count). The van der Waals surface area contributed by atoms with Crippen molar-refractivity contribution in [3.05, 3.63) is 46.4 Å². The number of allylic oxidation sites excluding steroid dienone is 1. The van der Waals surface area contributed by atoms with E-state index in [9.17, 15) is 0 Å². The molecule has 0 aliphatic carbocycles. The first kappa shape index (κ1) is 15.8. The van der Waals surface area contributed by atoms with Gasteiger partial charge in [0, 0.05) is 4.47 Å². The van der Waals surface area contributed by atoms with Gasteiger partial charge in [0.25, 0.3) is 0 Å². The van der Waals surface area contributed by atoms with Gasteiger partial charge in [-0.1, -0.05) is 40.1 Å². The summed E-state index contributed by atoms with van der Waals surface area (Å²) in [6, 6.07) is 8.44. The fourth-order valence-corrected chi connectivity index (χ4v) is 2.34. The molecule has 1 aromatic carbocycles. The van der Waals surface area contributed by atoms with Crippen LogP contribution >= 0.6 is 15.9 Å². The molecule has 1 aliphatic rings. The van der Waals surface area contributed by atoms with Crippen molar-refractivity contribution in [2.24, 2.45) is 0 Å². The predicted octanol–water partition coefficient (Wildman–Crippen LogP) is 4.57. The lowest BCUT2D eigenvalue weighted by Crippen LogP contribution is -2.41. The average Bonchev–Trinajstić information content (AvgIpc) is 2.56. The van der Waals surface area contributed by atoms with Crippen LogP contribution in [-0.4, -0.2) is 18.3 Å². The standard InChI is InChI=1S/C16H22BBrO2/c1-15(2)16(3,4)20-17(19-15)12-6-5-7-13-8-10-14(18)11-9-13/h6,8-12H,5,7H2,1-4H3/b12-6+. The molecular weight excluding hydrogens is 315 g/mol. The van der Waals surface area contributed by atoms with Crippen LogP contribution in [-0.2, 0) is 15.7 Å². The van der Waals surface area contributed by atoms with Crippen molar-refractivity contribution in [1.29, 1.82) is 0 Å². The number of benzene rings is 1. The van der Waals surface area contributed by atoms with Gasteiger partial charge >= 0.3 is 7.12 Å². The van der Waals surface area contributed by atoms with Crippen LogP contribution in [0.15, 0.2) is 40.8 Å². The lowest BCUT2D eigenvalue weighted by atomic mass is 9.89. The summed E-state index contributed by atoms with van der Waals surface area (Å²) in [5.41, 5.74) is 0.827. The lowest BCUT2D eigenvalue weighted by molar-refractivity contribution is 0.00578. The predicted molar refractivity (Wildman–Crippen MR) is 87.7 cm³/mol. The van der Waals surface area contributed by atoms with E-state index in [0.717, 1.165) is 17.3 Å². The Bertz CT molecular complexity index is 464. The molecule has 0 atom stereocenters. The highest BCUT2D eigenvalue weighted by molar-refractivity contribution is 9.10. The van der Waals surface area contributed by atoms with Crippen LogP contribution in [0.25, 0.3) is 0 Å². The molecule has 0 unspecified atom stereocenters. The molecule has 0 bridgehead atoms. The van der Waals surface area contributed by atoms with Crippen molar-refractivity contribution in [2.45, 2.75) is 51.7 Å². The fourth-order valence-electron chi connectivity index (χ4n) is 2.08. The summed E-state index contributed by atoms with van der Waals surface area (Å²) in [5.74, 6) is 2.02. The molecule has 0 N–H and O–H groups in total. The van der Waals surface area contributed by atoms with Crippen molar-refractivity contribution in [3.8, 4) is 0 Å². The van der Waals surface area contributed by atoms with Gasteiger partial charge in [-0.3, -0.25) is 0 Å². The summed E-state index contributed by atoms with van der Waals surface area (Å²) >= 11 is 3.45. The maximum Gasteiger partial charge on any atom is 0.486 e. The second kappa shape index (κ2) is 6.04. The topological polar surface area (TPSA) is 18.5 Å². The zero-order valence-corrected chi connectivity index (χ0v) is 14.2. The maximum atomic E-state index is 5.92. The molecule has 1 aliphatic heterocycles. The van der Waals surface area contributed by atoms with E-state index in [0.29, 0.717) is 0 Å². The second-order valence-electron chi connectivity index (χ2n) is 6.22. The SMILES string of the molecule is CC1(C)OB(/C=C/CCc2ccc(Br)cc2)OC1(C)C. The van der Waals surface area contributed by atoms with Crippen LogP contribution in [0.1, 0.15) is 39.7 Å². The van der Waals surface area contributed by atoms with Gasteiger partial charge in [-0.2, -0.15) is 0 Å². The number of hydrogen-bond acceptors (Lipinski definition) is 2. The Morgan fingerprint density at radius 3 is 2.15 bits per heavy atom. The minimum Gasteiger partial charge on any atom is -0.400 e. The highest BCUT2D eigenvalue weighted by Gasteiger charge is 2.49. The van der Waals surface area contributed by atoms with E-state index in [1.165, 1.54) is 5.56 Å². The van der Waals surface area contributed by atoms with Crippen molar-refractivity contribution < 1.29 is 9.31 Å². The number of rotatable bonds is 4. The van der Waals surface area contributed by atoms with Crippen molar-refractivity contribution in [1.82, 2.24) is 0 Å². The van der Waals surface area contributed by atoms with Crippen LogP contribution in [0.2, 0.25) is 0 Å². The zero-order valence-electron chi connectivity index (χ0n) is 12.7. The first-order valence-corrected chi connectivity index (χ1v) is 7.86. The first-order valence-electron chi connectivity index (χ1n) is 7.07. The van der Waals surface area contributed by atoms with Gasteiger partial charge in [-0.25, -0.2) is 0 Å². The minimum atomic E-state index is -0.256. The molecule has 4 heteroatoms. The van der Waals surface area contributed by atoms with Crippen LogP contribution in [0.5, 0.6) is 0 Å². The third kappa shape index (κ3) is 3.75. The van der Waals surface area contributed by atoms with Gasteiger partial charge < -0.3 is 9.31 Å². The molecule has 0 radical (unpaired) electrons. The molecule has 1 heterocycles. The van der Waals surface area contributed by atoms with E-state index in [4.69, 9.17) is 9.31 Å². The molecule has 2 nitrogen and oxygen atoms in total. The molecule has 108 valence electrons. The second-order valence-corrected chi connectivity index (χ2v) is 7.13. The molecule has 20 heavy (non-hydrogen) atoms. The van der Waals surface area contributed by atoms with Crippen molar-refractivity contribution >= 4 is 23.0 Å². The van der Waals surface area contributed by atoms with E-state index in [1.54, 1.807) is 0 Å². The Labute approximate surface area is 130 Å². The summed E-state index contributed by atoms with van der Waals surface area (Å²) in [6.07, 6.45) is 4.17. The number of hydrogen-bond donors (Lipinski definition) is 0. The molecule has 0 amide bonds. The van der Waals surface area contributed by atoms with E-state index in [-0.39, 0.29) is 18.3 Å². The third-order valence-corrected chi connectivity index (χ3v) is 4.61. The molecule has 0 saturated carbocycles. The quantitative estimate of drug-likeness (QED) is 0.750. The molecular formula is C16H22BBrO2. The Balaban J connectivity index is 1.82. The Kier molecular flexibility index (Phi) is 4.78. The summed E-state index contributed by atoms with van der Waals surface area (Å²) in [6.45, 7) is 8.29. The van der Waals surface area contributed by atoms with Gasteiger partial charge in [0.05, 0.1) is 11.2 Å². The summed E-state index contributed by atoms with van der Waals surface area (Å²) in [7, 11) is -0.232. The maximum absolute atomic E-state index is 5.92. The van der Waals surface area contributed by atoms with Crippen LogP contribution < -0.4 is 0 Å². The van der Waals surface area contributed by atoms with Crippen molar-refractivity contribution in [2.75, 3.05) is 0 Å². The van der Waals surface area contributed by atoms with Gasteiger partial charge in [0.15, 0.2) is 0 Å². The van der Waals surface area contributed by atoms with Crippen LogP contribution in [0.4, 0.5) is 0 Å². The van der Waals surface area contributed by atoms with Crippen molar-refractivity contribution in [3.63, 3.8) is 0 Å². The van der Waals surface area contributed by atoms with Crippen LogP contribution in [0, 0.1) is 0 Å². The Morgan fingerprint density at radius 2 is 1.60 bits per heavy atom. The largest absolute Gasteiger partial charge is 0.486 e. The molecule has 1 aromatic rings. The monoisotopic (exact) mass is 336 g/mol. The van der Waals surface area contributed by atoms with Gasteiger partial charge in [0.2, 0.25) is 0 Å². The molecule has 1 saturated heterocycles. The van der Waals surface area contributed by atoms with E-state index in [2.05, 4.69) is 74.0 Å².